The Hall–Kier alpha value is -2.14. The maximum atomic E-state index is 5.67. The van der Waals surface area contributed by atoms with Gasteiger partial charge >= 0.3 is 0 Å². The Morgan fingerprint density at radius 1 is 1.26 bits per heavy atom. The standard InChI is InChI=1S/C14H15N3OS/c15-14(19)17-12-5-3-6-13(10-12)18-9-7-11-4-1-2-8-16-11/h1-6,8,10H,7,9H2,(H3,15,17,19). The Labute approximate surface area is 117 Å². The molecule has 0 radical (unpaired) electrons. The minimum atomic E-state index is 0.241. The van der Waals surface area contributed by atoms with Crippen molar-refractivity contribution >= 4 is 23.0 Å². The summed E-state index contributed by atoms with van der Waals surface area (Å²) in [6, 6.07) is 13.4. The van der Waals surface area contributed by atoms with E-state index in [1.807, 2.05) is 42.5 Å². The van der Waals surface area contributed by atoms with E-state index in [4.69, 9.17) is 22.7 Å². The fourth-order valence-electron chi connectivity index (χ4n) is 1.63. The first-order valence-electron chi connectivity index (χ1n) is 5.93. The second kappa shape index (κ2) is 6.70. The number of nitrogens with two attached hydrogens (primary N) is 1. The highest BCUT2D eigenvalue weighted by Gasteiger charge is 1.99. The van der Waals surface area contributed by atoms with E-state index >= 15 is 0 Å². The molecular formula is C14H15N3OS. The molecular weight excluding hydrogens is 258 g/mol. The van der Waals surface area contributed by atoms with Gasteiger partial charge in [0.05, 0.1) is 6.61 Å². The molecule has 2 aromatic rings. The number of nitrogens with one attached hydrogen (secondary N) is 1. The quantitative estimate of drug-likeness (QED) is 0.819. The number of anilines is 1. The highest BCUT2D eigenvalue weighted by molar-refractivity contribution is 7.80. The lowest BCUT2D eigenvalue weighted by molar-refractivity contribution is 0.320. The molecule has 0 aliphatic rings. The lowest BCUT2D eigenvalue weighted by atomic mass is 10.3. The van der Waals surface area contributed by atoms with Crippen molar-refractivity contribution in [1.29, 1.82) is 0 Å². The fourth-order valence-corrected chi connectivity index (χ4v) is 1.74. The van der Waals surface area contributed by atoms with E-state index in [2.05, 4.69) is 10.3 Å². The topological polar surface area (TPSA) is 60.2 Å². The molecule has 2 rings (SSSR count). The summed E-state index contributed by atoms with van der Waals surface area (Å²) in [5, 5.41) is 3.11. The summed E-state index contributed by atoms with van der Waals surface area (Å²) in [7, 11) is 0. The predicted molar refractivity (Wildman–Crippen MR) is 80.3 cm³/mol. The second-order valence-electron chi connectivity index (χ2n) is 3.94. The summed E-state index contributed by atoms with van der Waals surface area (Å²) in [5.74, 6) is 0.775. The maximum absolute atomic E-state index is 5.67. The van der Waals surface area contributed by atoms with Crippen molar-refractivity contribution < 1.29 is 4.74 Å². The van der Waals surface area contributed by atoms with E-state index in [9.17, 15) is 0 Å². The molecule has 1 aromatic heterocycles. The van der Waals surface area contributed by atoms with Crippen LogP contribution in [0.3, 0.4) is 0 Å². The summed E-state index contributed by atoms with van der Waals surface area (Å²) in [5.41, 5.74) is 7.26. The van der Waals surface area contributed by atoms with Gasteiger partial charge in [-0.25, -0.2) is 0 Å². The highest BCUT2D eigenvalue weighted by Crippen LogP contribution is 2.17. The fraction of sp³-hybridized carbons (Fsp3) is 0.143. The Bertz CT molecular complexity index is 545. The predicted octanol–water partition coefficient (Wildman–Crippen LogP) is 2.36. The normalized spacial score (nSPS) is 9.89. The SMILES string of the molecule is NC(=S)Nc1cccc(OCCc2ccccn2)c1. The molecule has 0 spiro atoms. The molecule has 0 saturated carbocycles. The lowest BCUT2D eigenvalue weighted by Gasteiger charge is -2.08. The number of hydrogen-bond donors (Lipinski definition) is 2. The van der Waals surface area contributed by atoms with E-state index < -0.39 is 0 Å². The van der Waals surface area contributed by atoms with E-state index in [1.165, 1.54) is 0 Å². The molecule has 0 atom stereocenters. The molecule has 0 saturated heterocycles. The first-order valence-corrected chi connectivity index (χ1v) is 6.34. The zero-order chi connectivity index (χ0) is 13.5. The zero-order valence-electron chi connectivity index (χ0n) is 10.4. The van der Waals surface area contributed by atoms with Crippen LogP contribution < -0.4 is 15.8 Å². The number of aromatic nitrogens is 1. The Morgan fingerprint density at radius 3 is 2.89 bits per heavy atom. The zero-order valence-corrected chi connectivity index (χ0v) is 11.2. The molecule has 0 aliphatic heterocycles. The number of pyridine rings is 1. The molecule has 3 N–H and O–H groups in total. The molecule has 1 heterocycles. The van der Waals surface area contributed by atoms with Crippen LogP contribution in [0.15, 0.2) is 48.7 Å². The van der Waals surface area contributed by atoms with Crippen molar-refractivity contribution in [2.75, 3.05) is 11.9 Å². The van der Waals surface area contributed by atoms with Crippen LogP contribution in [0.1, 0.15) is 5.69 Å². The number of benzene rings is 1. The molecule has 19 heavy (non-hydrogen) atoms. The Balaban J connectivity index is 1.87. The molecule has 0 aliphatic carbocycles. The molecule has 4 nitrogen and oxygen atoms in total. The molecule has 98 valence electrons. The minimum absolute atomic E-state index is 0.241. The van der Waals surface area contributed by atoms with Gasteiger partial charge in [-0.2, -0.15) is 0 Å². The Morgan fingerprint density at radius 2 is 2.16 bits per heavy atom. The van der Waals surface area contributed by atoms with Gasteiger partial charge in [-0.1, -0.05) is 12.1 Å². The van der Waals surface area contributed by atoms with Gasteiger partial charge in [-0.15, -0.1) is 0 Å². The minimum Gasteiger partial charge on any atom is -0.493 e. The average molecular weight is 273 g/mol. The monoisotopic (exact) mass is 273 g/mol. The van der Waals surface area contributed by atoms with E-state index in [0.717, 1.165) is 23.6 Å². The number of nitrogens with zero attached hydrogens (tertiary/aromatic N) is 1. The smallest absolute Gasteiger partial charge is 0.168 e. The van der Waals surface area contributed by atoms with Crippen LogP contribution in [-0.4, -0.2) is 16.7 Å². The highest BCUT2D eigenvalue weighted by atomic mass is 32.1. The summed E-state index contributed by atoms with van der Waals surface area (Å²) >= 11 is 4.79. The number of hydrogen-bond acceptors (Lipinski definition) is 3. The van der Waals surface area contributed by atoms with Gasteiger partial charge in [0, 0.05) is 30.1 Å². The third kappa shape index (κ3) is 4.56. The third-order valence-corrected chi connectivity index (χ3v) is 2.56. The van der Waals surface area contributed by atoms with Crippen molar-refractivity contribution in [3.05, 3.63) is 54.4 Å². The molecule has 1 aromatic carbocycles. The van der Waals surface area contributed by atoms with Crippen LogP contribution in [0.4, 0.5) is 5.69 Å². The van der Waals surface area contributed by atoms with Crippen molar-refractivity contribution in [2.24, 2.45) is 5.73 Å². The molecule has 0 bridgehead atoms. The van der Waals surface area contributed by atoms with Crippen LogP contribution in [0.25, 0.3) is 0 Å². The lowest BCUT2D eigenvalue weighted by Crippen LogP contribution is -2.18. The molecule has 0 amide bonds. The average Bonchev–Trinajstić information content (AvgIpc) is 2.40. The third-order valence-electron chi connectivity index (χ3n) is 2.45. The van der Waals surface area contributed by atoms with Gasteiger partial charge in [0.25, 0.3) is 0 Å². The maximum Gasteiger partial charge on any atom is 0.168 e. The van der Waals surface area contributed by atoms with Crippen molar-refractivity contribution in [2.45, 2.75) is 6.42 Å². The van der Waals surface area contributed by atoms with Gasteiger partial charge in [0.15, 0.2) is 5.11 Å². The van der Waals surface area contributed by atoms with Crippen LogP contribution in [0.2, 0.25) is 0 Å². The van der Waals surface area contributed by atoms with Gasteiger partial charge in [-0.3, -0.25) is 4.98 Å². The molecule has 5 heteroatoms. The van der Waals surface area contributed by atoms with Crippen LogP contribution >= 0.6 is 12.2 Å². The van der Waals surface area contributed by atoms with Gasteiger partial charge in [-0.05, 0) is 36.5 Å². The van der Waals surface area contributed by atoms with Gasteiger partial charge < -0.3 is 15.8 Å². The Kier molecular flexibility index (Phi) is 4.69. The summed E-state index contributed by atoms with van der Waals surface area (Å²) in [4.78, 5) is 4.24. The van der Waals surface area contributed by atoms with Gasteiger partial charge in [0.2, 0.25) is 0 Å². The molecule has 0 fully saturated rings. The van der Waals surface area contributed by atoms with Crippen molar-refractivity contribution in [3.63, 3.8) is 0 Å². The van der Waals surface area contributed by atoms with Crippen LogP contribution in [0.5, 0.6) is 5.75 Å². The summed E-state index contributed by atoms with van der Waals surface area (Å²) in [6.45, 7) is 0.577. The first kappa shape index (κ1) is 13.3. The van der Waals surface area contributed by atoms with Crippen molar-refractivity contribution in [3.8, 4) is 5.75 Å². The van der Waals surface area contributed by atoms with E-state index in [1.54, 1.807) is 6.20 Å². The van der Waals surface area contributed by atoms with Crippen LogP contribution in [-0.2, 0) is 6.42 Å². The summed E-state index contributed by atoms with van der Waals surface area (Å²) in [6.07, 6.45) is 2.55. The largest absolute Gasteiger partial charge is 0.493 e. The van der Waals surface area contributed by atoms with Crippen molar-refractivity contribution in [1.82, 2.24) is 4.98 Å². The molecule has 0 unspecified atom stereocenters. The van der Waals surface area contributed by atoms with E-state index in [-0.39, 0.29) is 5.11 Å². The number of ether oxygens (including phenoxy) is 1. The first-order chi connectivity index (χ1) is 9.24. The van der Waals surface area contributed by atoms with Crippen LogP contribution in [0, 0.1) is 0 Å². The summed E-state index contributed by atoms with van der Waals surface area (Å²) < 4.78 is 5.67. The van der Waals surface area contributed by atoms with E-state index in [0.29, 0.717) is 6.61 Å². The van der Waals surface area contributed by atoms with Gasteiger partial charge in [0.1, 0.15) is 5.75 Å². The second-order valence-corrected chi connectivity index (χ2v) is 4.38. The number of thiocarbonyl (C=S) groups is 1. The number of rotatable bonds is 5.